The van der Waals surface area contributed by atoms with Crippen LogP contribution in [0.25, 0.3) is 0 Å². The third-order valence-electron chi connectivity index (χ3n) is 3.72. The van der Waals surface area contributed by atoms with Crippen LogP contribution in [0.3, 0.4) is 0 Å². The third-order valence-corrected chi connectivity index (χ3v) is 3.72. The molecular formula is C13H14O2. The van der Waals surface area contributed by atoms with Crippen LogP contribution >= 0.6 is 0 Å². The first-order valence-electron chi connectivity index (χ1n) is 5.48. The van der Waals surface area contributed by atoms with Gasteiger partial charge in [-0.2, -0.15) is 0 Å². The highest BCUT2D eigenvalue weighted by molar-refractivity contribution is 5.86. The van der Waals surface area contributed by atoms with Gasteiger partial charge >= 0.3 is 0 Å². The summed E-state index contributed by atoms with van der Waals surface area (Å²) in [5, 5.41) is 0. The Bertz CT molecular complexity index is 423. The van der Waals surface area contributed by atoms with Crippen LogP contribution in [0.4, 0.5) is 0 Å². The topological polar surface area (TPSA) is 26.3 Å². The second kappa shape index (κ2) is 3.09. The maximum absolute atomic E-state index is 11.7. The largest absolute Gasteiger partial charge is 0.496 e. The molecule has 2 aliphatic carbocycles. The van der Waals surface area contributed by atoms with Gasteiger partial charge in [0.2, 0.25) is 0 Å². The van der Waals surface area contributed by atoms with E-state index < -0.39 is 0 Å². The summed E-state index contributed by atoms with van der Waals surface area (Å²) >= 11 is 0. The number of rotatable bonds is 1. The van der Waals surface area contributed by atoms with E-state index in [1.807, 2.05) is 12.1 Å². The van der Waals surface area contributed by atoms with Gasteiger partial charge in [0.15, 0.2) is 0 Å². The minimum atomic E-state index is 0.287. The van der Waals surface area contributed by atoms with Crippen molar-refractivity contribution in [1.29, 1.82) is 0 Å². The normalized spacial score (nSPS) is 27.7. The SMILES string of the molecule is COc1cccc2c1C1CC(=O)C(C2)C1. The summed E-state index contributed by atoms with van der Waals surface area (Å²) in [4.78, 5) is 11.7. The molecule has 0 heterocycles. The monoisotopic (exact) mass is 202 g/mol. The zero-order valence-electron chi connectivity index (χ0n) is 8.82. The van der Waals surface area contributed by atoms with Gasteiger partial charge < -0.3 is 4.74 Å². The molecule has 0 amide bonds. The number of hydrogen-bond donors (Lipinski definition) is 0. The Hall–Kier alpha value is -1.31. The minimum Gasteiger partial charge on any atom is -0.496 e. The molecule has 1 aromatic carbocycles. The molecule has 2 nitrogen and oxygen atoms in total. The Balaban J connectivity index is 2.13. The van der Waals surface area contributed by atoms with Crippen LogP contribution in [0.15, 0.2) is 18.2 Å². The molecule has 2 aliphatic rings. The highest BCUT2D eigenvalue weighted by atomic mass is 16.5. The fraction of sp³-hybridized carbons (Fsp3) is 0.462. The summed E-state index contributed by atoms with van der Waals surface area (Å²) in [5.74, 6) is 2.11. The van der Waals surface area contributed by atoms with Crippen LogP contribution in [0.1, 0.15) is 29.9 Å². The van der Waals surface area contributed by atoms with Crippen molar-refractivity contribution in [3.05, 3.63) is 29.3 Å². The number of ketones is 1. The Morgan fingerprint density at radius 1 is 1.27 bits per heavy atom. The van der Waals surface area contributed by atoms with Crippen molar-refractivity contribution in [1.82, 2.24) is 0 Å². The molecule has 78 valence electrons. The Morgan fingerprint density at radius 2 is 2.13 bits per heavy atom. The molecule has 15 heavy (non-hydrogen) atoms. The summed E-state index contributed by atoms with van der Waals surface area (Å²) in [6, 6.07) is 6.16. The first kappa shape index (κ1) is 8.96. The van der Waals surface area contributed by atoms with Crippen LogP contribution in [0, 0.1) is 5.92 Å². The smallest absolute Gasteiger partial charge is 0.136 e. The van der Waals surface area contributed by atoms with E-state index in [1.54, 1.807) is 7.11 Å². The molecule has 1 fully saturated rings. The van der Waals surface area contributed by atoms with Crippen LogP contribution in [0.2, 0.25) is 0 Å². The zero-order valence-corrected chi connectivity index (χ0v) is 8.82. The number of methoxy groups -OCH3 is 1. The maximum atomic E-state index is 11.7. The van der Waals surface area contributed by atoms with E-state index in [0.29, 0.717) is 11.7 Å². The fourth-order valence-corrected chi connectivity index (χ4v) is 3.06. The van der Waals surface area contributed by atoms with Gasteiger partial charge in [-0.25, -0.2) is 0 Å². The van der Waals surface area contributed by atoms with Gasteiger partial charge in [0.1, 0.15) is 11.5 Å². The first-order chi connectivity index (χ1) is 7.29. The number of hydrogen-bond acceptors (Lipinski definition) is 2. The van der Waals surface area contributed by atoms with Gasteiger partial charge in [-0.15, -0.1) is 0 Å². The fourth-order valence-electron chi connectivity index (χ4n) is 3.06. The van der Waals surface area contributed by atoms with E-state index in [0.717, 1.165) is 25.0 Å². The van der Waals surface area contributed by atoms with Gasteiger partial charge in [0.05, 0.1) is 7.11 Å². The number of carbonyl (C=O) groups excluding carboxylic acids is 1. The lowest BCUT2D eigenvalue weighted by atomic mass is 9.82. The van der Waals surface area contributed by atoms with Crippen molar-refractivity contribution in [2.75, 3.05) is 7.11 Å². The average molecular weight is 202 g/mol. The molecule has 2 unspecified atom stereocenters. The second-order valence-corrected chi connectivity index (χ2v) is 4.54. The van der Waals surface area contributed by atoms with Gasteiger partial charge in [0.25, 0.3) is 0 Å². The molecule has 0 aliphatic heterocycles. The Labute approximate surface area is 89.2 Å². The molecule has 0 aromatic heterocycles. The molecule has 1 saturated carbocycles. The molecule has 0 spiro atoms. The third kappa shape index (κ3) is 1.21. The van der Waals surface area contributed by atoms with Gasteiger partial charge in [-0.1, -0.05) is 12.1 Å². The summed E-state index contributed by atoms with van der Waals surface area (Å²) in [6.07, 6.45) is 2.67. The van der Waals surface area contributed by atoms with E-state index >= 15 is 0 Å². The minimum absolute atomic E-state index is 0.287. The van der Waals surface area contributed by atoms with Crippen LogP contribution < -0.4 is 4.74 Å². The first-order valence-corrected chi connectivity index (χ1v) is 5.48. The zero-order chi connectivity index (χ0) is 10.4. The number of carbonyl (C=O) groups is 1. The lowest BCUT2D eigenvalue weighted by Crippen LogP contribution is -2.14. The lowest BCUT2D eigenvalue weighted by molar-refractivity contribution is -0.120. The van der Waals surface area contributed by atoms with Crippen molar-refractivity contribution in [2.24, 2.45) is 5.92 Å². The van der Waals surface area contributed by atoms with Crippen LogP contribution in [-0.2, 0) is 11.2 Å². The van der Waals surface area contributed by atoms with Crippen molar-refractivity contribution >= 4 is 5.78 Å². The Kier molecular flexibility index (Phi) is 1.84. The van der Waals surface area contributed by atoms with E-state index in [-0.39, 0.29) is 5.92 Å². The quantitative estimate of drug-likeness (QED) is 0.698. The van der Waals surface area contributed by atoms with Crippen molar-refractivity contribution in [2.45, 2.75) is 25.2 Å². The van der Waals surface area contributed by atoms with Crippen molar-refractivity contribution < 1.29 is 9.53 Å². The molecular weight excluding hydrogens is 188 g/mol. The molecule has 1 aromatic rings. The van der Waals surface area contributed by atoms with Gasteiger partial charge in [0, 0.05) is 17.9 Å². The van der Waals surface area contributed by atoms with E-state index in [9.17, 15) is 4.79 Å². The summed E-state index contributed by atoms with van der Waals surface area (Å²) in [7, 11) is 1.71. The van der Waals surface area contributed by atoms with Gasteiger partial charge in [-0.05, 0) is 30.4 Å². The Morgan fingerprint density at radius 3 is 2.93 bits per heavy atom. The lowest BCUT2D eigenvalue weighted by Gasteiger charge is -2.23. The standard InChI is InChI=1S/C13H14O2/c1-15-12-4-2-3-8-5-9-6-10(13(8)12)7-11(9)14/h2-4,9-10H,5-7H2,1H3. The van der Waals surface area contributed by atoms with E-state index in [4.69, 9.17) is 4.74 Å². The molecule has 2 heteroatoms. The highest BCUT2D eigenvalue weighted by Crippen LogP contribution is 2.47. The number of ether oxygens (including phenoxy) is 1. The predicted octanol–water partition coefficient (Wildman–Crippen LogP) is 2.31. The highest BCUT2D eigenvalue weighted by Gasteiger charge is 2.40. The van der Waals surface area contributed by atoms with Crippen LogP contribution in [-0.4, -0.2) is 12.9 Å². The molecule has 2 bridgehead atoms. The summed E-state index contributed by atoms with van der Waals surface area (Å²) < 4.78 is 5.39. The van der Waals surface area contributed by atoms with Gasteiger partial charge in [-0.3, -0.25) is 4.79 Å². The number of benzene rings is 1. The predicted molar refractivity (Wildman–Crippen MR) is 57.2 cm³/mol. The molecule has 0 radical (unpaired) electrons. The van der Waals surface area contributed by atoms with E-state index in [1.165, 1.54) is 11.1 Å². The number of Topliss-reactive ketones (excluding diaryl/α,β-unsaturated/α-hetero) is 1. The number of fused-ring (bicyclic) bond motifs is 4. The summed E-state index contributed by atoms with van der Waals surface area (Å²) in [5.41, 5.74) is 2.61. The average Bonchev–Trinajstić information content (AvgIpc) is 2.54. The molecule has 3 rings (SSSR count). The maximum Gasteiger partial charge on any atom is 0.136 e. The molecule has 0 N–H and O–H groups in total. The van der Waals surface area contributed by atoms with E-state index in [2.05, 4.69) is 6.07 Å². The van der Waals surface area contributed by atoms with Crippen LogP contribution in [0.5, 0.6) is 5.75 Å². The molecule has 0 saturated heterocycles. The summed E-state index contributed by atoms with van der Waals surface area (Å²) in [6.45, 7) is 0. The molecule has 2 atom stereocenters. The van der Waals surface area contributed by atoms with Crippen molar-refractivity contribution in [3.8, 4) is 5.75 Å². The second-order valence-electron chi connectivity index (χ2n) is 4.54. The van der Waals surface area contributed by atoms with Crippen molar-refractivity contribution in [3.63, 3.8) is 0 Å².